The second kappa shape index (κ2) is 3.83. The third kappa shape index (κ3) is 1.73. The van der Waals surface area contributed by atoms with Gasteiger partial charge >= 0.3 is 11.9 Å². The van der Waals surface area contributed by atoms with Crippen LogP contribution in [0.5, 0.6) is 0 Å². The average molecular weight is 212 g/mol. The van der Waals surface area contributed by atoms with Crippen molar-refractivity contribution < 1.29 is 19.8 Å². The van der Waals surface area contributed by atoms with Gasteiger partial charge < -0.3 is 10.2 Å². The van der Waals surface area contributed by atoms with E-state index in [9.17, 15) is 9.59 Å². The molecule has 0 saturated heterocycles. The van der Waals surface area contributed by atoms with Crippen molar-refractivity contribution in [1.82, 2.24) is 0 Å². The Balaban J connectivity index is 2.31. The van der Waals surface area contributed by atoms with Crippen LogP contribution < -0.4 is 0 Å². The fourth-order valence-electron chi connectivity index (χ4n) is 3.37. The number of aliphatic carboxylic acids is 2. The van der Waals surface area contributed by atoms with Crippen molar-refractivity contribution in [3.8, 4) is 0 Å². The number of carboxylic acids is 2. The standard InChI is InChI=1S/C11H16O4/c12-10(13)8-6-2-1-3-7(5-4-6)9(8)11(14)15/h6-9H,1-5H2,(H,12,13)(H,14,15). The summed E-state index contributed by atoms with van der Waals surface area (Å²) in [4.78, 5) is 22.3. The molecule has 2 bridgehead atoms. The monoisotopic (exact) mass is 212 g/mol. The number of carboxylic acid groups (broad SMARTS) is 2. The minimum Gasteiger partial charge on any atom is -0.481 e. The van der Waals surface area contributed by atoms with Crippen molar-refractivity contribution >= 4 is 11.9 Å². The SMILES string of the molecule is O=C(O)C1C2CCCC(CC2)C1C(=O)O. The van der Waals surface area contributed by atoms with Gasteiger partial charge in [0.05, 0.1) is 11.8 Å². The molecule has 4 atom stereocenters. The molecular formula is C11H16O4. The smallest absolute Gasteiger partial charge is 0.307 e. The van der Waals surface area contributed by atoms with Crippen LogP contribution in [0.2, 0.25) is 0 Å². The molecule has 3 aliphatic rings. The van der Waals surface area contributed by atoms with Crippen molar-refractivity contribution in [3.63, 3.8) is 0 Å². The normalized spacial score (nSPS) is 39.7. The number of rotatable bonds is 2. The fraction of sp³-hybridized carbons (Fsp3) is 0.818. The summed E-state index contributed by atoms with van der Waals surface area (Å²) in [6.45, 7) is 0. The van der Waals surface area contributed by atoms with E-state index in [4.69, 9.17) is 10.2 Å². The average Bonchev–Trinajstić information content (AvgIpc) is 2.48. The van der Waals surface area contributed by atoms with Gasteiger partial charge in [0.25, 0.3) is 0 Å². The molecule has 4 nitrogen and oxygen atoms in total. The van der Waals surface area contributed by atoms with Crippen molar-refractivity contribution in [2.45, 2.75) is 32.1 Å². The van der Waals surface area contributed by atoms with Crippen LogP contribution >= 0.6 is 0 Å². The third-order valence-electron chi connectivity index (χ3n) is 4.03. The molecule has 84 valence electrons. The van der Waals surface area contributed by atoms with Gasteiger partial charge in [0.1, 0.15) is 0 Å². The zero-order valence-electron chi connectivity index (χ0n) is 8.56. The Hall–Kier alpha value is -1.06. The van der Waals surface area contributed by atoms with E-state index < -0.39 is 23.8 Å². The van der Waals surface area contributed by atoms with Crippen LogP contribution in [0, 0.1) is 23.7 Å². The molecule has 15 heavy (non-hydrogen) atoms. The summed E-state index contributed by atoms with van der Waals surface area (Å²) in [5, 5.41) is 18.3. The van der Waals surface area contributed by atoms with Gasteiger partial charge in [-0.1, -0.05) is 6.42 Å². The Morgan fingerprint density at radius 2 is 1.20 bits per heavy atom. The van der Waals surface area contributed by atoms with E-state index in [-0.39, 0.29) is 11.8 Å². The van der Waals surface area contributed by atoms with E-state index in [0.717, 1.165) is 32.1 Å². The maximum Gasteiger partial charge on any atom is 0.307 e. The van der Waals surface area contributed by atoms with Gasteiger partial charge in [-0.05, 0) is 37.5 Å². The van der Waals surface area contributed by atoms with Crippen LogP contribution in [-0.2, 0) is 9.59 Å². The molecule has 3 saturated carbocycles. The lowest BCUT2D eigenvalue weighted by Gasteiger charge is -2.35. The van der Waals surface area contributed by atoms with Crippen LogP contribution in [0.3, 0.4) is 0 Å². The second-order valence-electron chi connectivity index (χ2n) is 4.76. The molecule has 2 N–H and O–H groups in total. The van der Waals surface area contributed by atoms with E-state index in [1.807, 2.05) is 0 Å². The highest BCUT2D eigenvalue weighted by molar-refractivity contribution is 5.80. The van der Waals surface area contributed by atoms with Gasteiger partial charge in [-0.3, -0.25) is 9.59 Å². The summed E-state index contributed by atoms with van der Waals surface area (Å²) in [5.74, 6) is -2.96. The van der Waals surface area contributed by atoms with Gasteiger partial charge in [0.15, 0.2) is 0 Å². The molecule has 0 radical (unpaired) electrons. The van der Waals surface area contributed by atoms with E-state index in [2.05, 4.69) is 0 Å². The lowest BCUT2D eigenvalue weighted by molar-refractivity contribution is -0.160. The molecule has 0 heterocycles. The number of fused-ring (bicyclic) bond motifs is 4. The van der Waals surface area contributed by atoms with E-state index in [0.29, 0.717) is 0 Å². The Morgan fingerprint density at radius 3 is 1.53 bits per heavy atom. The van der Waals surface area contributed by atoms with E-state index in [1.165, 1.54) is 0 Å². The number of hydrogen-bond acceptors (Lipinski definition) is 2. The van der Waals surface area contributed by atoms with E-state index in [1.54, 1.807) is 0 Å². The molecule has 0 aromatic carbocycles. The molecule has 0 amide bonds. The molecule has 4 heteroatoms. The summed E-state index contributed by atoms with van der Waals surface area (Å²) in [6.07, 6.45) is 4.55. The Kier molecular flexibility index (Phi) is 2.67. The van der Waals surface area contributed by atoms with Crippen LogP contribution in [0.1, 0.15) is 32.1 Å². The predicted octanol–water partition coefficient (Wildman–Crippen LogP) is 1.60. The quantitative estimate of drug-likeness (QED) is 0.729. The van der Waals surface area contributed by atoms with Crippen molar-refractivity contribution in [2.24, 2.45) is 23.7 Å². The topological polar surface area (TPSA) is 74.6 Å². The molecule has 4 unspecified atom stereocenters. The molecule has 0 spiro atoms. The number of hydrogen-bond donors (Lipinski definition) is 2. The first kappa shape index (κ1) is 10.5. The van der Waals surface area contributed by atoms with Crippen LogP contribution in [0.4, 0.5) is 0 Å². The van der Waals surface area contributed by atoms with Crippen LogP contribution in [0.15, 0.2) is 0 Å². The van der Waals surface area contributed by atoms with Gasteiger partial charge in [0.2, 0.25) is 0 Å². The van der Waals surface area contributed by atoms with Gasteiger partial charge in [-0.25, -0.2) is 0 Å². The Labute approximate surface area is 88.3 Å². The summed E-state index contributed by atoms with van der Waals surface area (Å²) in [6, 6.07) is 0. The fourth-order valence-corrected chi connectivity index (χ4v) is 3.37. The van der Waals surface area contributed by atoms with E-state index >= 15 is 0 Å². The van der Waals surface area contributed by atoms with Crippen molar-refractivity contribution in [2.75, 3.05) is 0 Å². The molecule has 0 aliphatic heterocycles. The summed E-state index contributed by atoms with van der Waals surface area (Å²) in [5.41, 5.74) is 0. The van der Waals surface area contributed by atoms with Gasteiger partial charge in [-0.2, -0.15) is 0 Å². The second-order valence-corrected chi connectivity index (χ2v) is 4.76. The van der Waals surface area contributed by atoms with Crippen molar-refractivity contribution in [1.29, 1.82) is 0 Å². The maximum atomic E-state index is 11.1. The third-order valence-corrected chi connectivity index (χ3v) is 4.03. The summed E-state index contributed by atoms with van der Waals surface area (Å²) >= 11 is 0. The first-order valence-electron chi connectivity index (χ1n) is 5.57. The first-order chi connectivity index (χ1) is 7.11. The lowest BCUT2D eigenvalue weighted by Crippen LogP contribution is -2.41. The minimum atomic E-state index is -0.918. The highest BCUT2D eigenvalue weighted by atomic mass is 16.4. The van der Waals surface area contributed by atoms with Gasteiger partial charge in [-0.15, -0.1) is 0 Å². The summed E-state index contributed by atoms with van der Waals surface area (Å²) in [7, 11) is 0. The van der Waals surface area contributed by atoms with Gasteiger partial charge in [0, 0.05) is 0 Å². The molecule has 3 aliphatic carbocycles. The molecule has 3 rings (SSSR count). The Morgan fingerprint density at radius 1 is 0.800 bits per heavy atom. The zero-order chi connectivity index (χ0) is 11.0. The molecule has 0 aromatic heterocycles. The first-order valence-corrected chi connectivity index (χ1v) is 5.57. The molecule has 0 aromatic rings. The van der Waals surface area contributed by atoms with Crippen LogP contribution in [0.25, 0.3) is 0 Å². The number of carbonyl (C=O) groups is 2. The van der Waals surface area contributed by atoms with Crippen molar-refractivity contribution in [3.05, 3.63) is 0 Å². The van der Waals surface area contributed by atoms with Crippen LogP contribution in [-0.4, -0.2) is 22.2 Å². The molecular weight excluding hydrogens is 196 g/mol. The minimum absolute atomic E-state index is 0.0855. The predicted molar refractivity (Wildman–Crippen MR) is 52.3 cm³/mol. The summed E-state index contributed by atoms with van der Waals surface area (Å²) < 4.78 is 0. The molecule has 3 fully saturated rings. The Bertz CT molecular complexity index is 254. The maximum absolute atomic E-state index is 11.1. The highest BCUT2D eigenvalue weighted by Gasteiger charge is 2.48. The largest absolute Gasteiger partial charge is 0.481 e. The lowest BCUT2D eigenvalue weighted by atomic mass is 9.68. The highest BCUT2D eigenvalue weighted by Crippen LogP contribution is 2.46. The zero-order valence-corrected chi connectivity index (χ0v) is 8.56.